The van der Waals surface area contributed by atoms with Crippen molar-refractivity contribution in [1.82, 2.24) is 10.3 Å². The summed E-state index contributed by atoms with van der Waals surface area (Å²) >= 11 is 0. The highest BCUT2D eigenvalue weighted by Crippen LogP contribution is 2.18. The van der Waals surface area contributed by atoms with Crippen LogP contribution in [0.3, 0.4) is 0 Å². The summed E-state index contributed by atoms with van der Waals surface area (Å²) < 4.78 is 0. The summed E-state index contributed by atoms with van der Waals surface area (Å²) in [6.07, 6.45) is 2.61. The number of pyridine rings is 1. The largest absolute Gasteiger partial charge is 0.465 e. The molecule has 1 aromatic heterocycles. The van der Waals surface area contributed by atoms with Gasteiger partial charge in [0, 0.05) is 12.8 Å². The van der Waals surface area contributed by atoms with Gasteiger partial charge in [0.05, 0.1) is 11.7 Å². The maximum atomic E-state index is 11.0. The third-order valence-electron chi connectivity index (χ3n) is 3.46. The molecule has 5 heteroatoms. The van der Waals surface area contributed by atoms with Gasteiger partial charge < -0.3 is 15.5 Å². The van der Waals surface area contributed by atoms with E-state index in [0.717, 1.165) is 23.2 Å². The second kappa shape index (κ2) is 8.14. The van der Waals surface area contributed by atoms with Gasteiger partial charge in [0.2, 0.25) is 0 Å². The minimum atomic E-state index is -1.05. The summed E-state index contributed by atoms with van der Waals surface area (Å²) in [5.74, 6) is 0. The highest BCUT2D eigenvalue weighted by Gasteiger charge is 2.15. The van der Waals surface area contributed by atoms with E-state index in [4.69, 9.17) is 10.2 Å². The average Bonchev–Trinajstić information content (AvgIpc) is 2.53. The molecule has 2 rings (SSSR count). The minimum Gasteiger partial charge on any atom is -0.465 e. The number of nitrogens with one attached hydrogen (secondary N) is 1. The molecule has 5 nitrogen and oxygen atoms in total. The van der Waals surface area contributed by atoms with Crippen LogP contribution < -0.4 is 5.32 Å². The molecule has 0 saturated carbocycles. The van der Waals surface area contributed by atoms with Gasteiger partial charge in [0.1, 0.15) is 0 Å². The van der Waals surface area contributed by atoms with E-state index in [1.165, 1.54) is 0 Å². The smallest absolute Gasteiger partial charge is 0.405 e. The monoisotopic (exact) mass is 300 g/mol. The van der Waals surface area contributed by atoms with Gasteiger partial charge in [-0.1, -0.05) is 30.3 Å². The number of aromatic nitrogens is 1. The van der Waals surface area contributed by atoms with Crippen LogP contribution in [0.15, 0.2) is 48.7 Å². The minimum absolute atomic E-state index is 0.126. The Morgan fingerprint density at radius 3 is 2.55 bits per heavy atom. The van der Waals surface area contributed by atoms with Gasteiger partial charge in [-0.05, 0) is 42.5 Å². The van der Waals surface area contributed by atoms with Crippen molar-refractivity contribution in [3.8, 4) is 0 Å². The molecule has 1 aromatic carbocycles. The summed E-state index contributed by atoms with van der Waals surface area (Å²) in [7, 11) is 0. The first-order valence-corrected chi connectivity index (χ1v) is 7.28. The van der Waals surface area contributed by atoms with E-state index in [9.17, 15) is 4.79 Å². The van der Waals surface area contributed by atoms with Crippen molar-refractivity contribution in [2.24, 2.45) is 0 Å². The zero-order chi connectivity index (χ0) is 15.8. The lowest BCUT2D eigenvalue weighted by Crippen LogP contribution is -2.27. The van der Waals surface area contributed by atoms with Crippen LogP contribution in [-0.2, 0) is 12.8 Å². The zero-order valence-corrected chi connectivity index (χ0v) is 12.3. The van der Waals surface area contributed by atoms with Gasteiger partial charge in [-0.2, -0.15) is 0 Å². The molecular weight excluding hydrogens is 280 g/mol. The number of carboxylic acid groups (broad SMARTS) is 1. The zero-order valence-electron chi connectivity index (χ0n) is 12.3. The topological polar surface area (TPSA) is 82.5 Å². The lowest BCUT2D eigenvalue weighted by molar-refractivity contribution is 0.189. The lowest BCUT2D eigenvalue weighted by Gasteiger charge is -2.16. The van der Waals surface area contributed by atoms with E-state index in [0.29, 0.717) is 12.8 Å². The molecule has 0 spiro atoms. The van der Waals surface area contributed by atoms with Gasteiger partial charge in [-0.15, -0.1) is 0 Å². The number of aliphatic hydroxyl groups is 1. The van der Waals surface area contributed by atoms with Crippen molar-refractivity contribution in [2.45, 2.75) is 25.3 Å². The number of aryl methyl sites for hydroxylation is 1. The van der Waals surface area contributed by atoms with E-state index in [1.807, 2.05) is 36.4 Å². The van der Waals surface area contributed by atoms with Crippen molar-refractivity contribution in [3.05, 3.63) is 65.5 Å². The molecule has 0 aliphatic heterocycles. The molecule has 1 amide bonds. The van der Waals surface area contributed by atoms with Crippen LogP contribution >= 0.6 is 0 Å². The molecule has 0 aliphatic carbocycles. The maximum absolute atomic E-state index is 11.0. The van der Waals surface area contributed by atoms with Crippen LogP contribution in [0.4, 0.5) is 4.79 Å². The molecule has 1 heterocycles. The van der Waals surface area contributed by atoms with Gasteiger partial charge in [0.25, 0.3) is 0 Å². The number of aliphatic hydroxyl groups excluding tert-OH is 1. The molecule has 0 radical (unpaired) electrons. The Kier molecular flexibility index (Phi) is 5.91. The predicted molar refractivity (Wildman–Crippen MR) is 83.7 cm³/mol. The summed E-state index contributed by atoms with van der Waals surface area (Å²) in [4.78, 5) is 15.2. The van der Waals surface area contributed by atoms with Gasteiger partial charge in [-0.3, -0.25) is 4.98 Å². The lowest BCUT2D eigenvalue weighted by atomic mass is 10.0. The van der Waals surface area contributed by atoms with Gasteiger partial charge in [-0.25, -0.2) is 4.79 Å². The number of hydrogen-bond acceptors (Lipinski definition) is 3. The molecule has 0 saturated heterocycles. The first-order valence-electron chi connectivity index (χ1n) is 7.28. The molecule has 22 heavy (non-hydrogen) atoms. The van der Waals surface area contributed by atoms with E-state index in [1.54, 1.807) is 12.3 Å². The van der Waals surface area contributed by atoms with Crippen LogP contribution in [0.25, 0.3) is 0 Å². The predicted octanol–water partition coefficient (Wildman–Crippen LogP) is 2.56. The van der Waals surface area contributed by atoms with Gasteiger partial charge >= 0.3 is 6.09 Å². The number of carbonyl (C=O) groups is 1. The fourth-order valence-corrected chi connectivity index (χ4v) is 2.41. The number of benzene rings is 1. The number of amides is 1. The Hall–Kier alpha value is -2.40. The van der Waals surface area contributed by atoms with E-state index in [-0.39, 0.29) is 12.6 Å². The Morgan fingerprint density at radius 2 is 1.91 bits per heavy atom. The van der Waals surface area contributed by atoms with E-state index in [2.05, 4.69) is 10.3 Å². The fraction of sp³-hybridized carbons (Fsp3) is 0.294. The normalized spacial score (nSPS) is 11.9. The average molecular weight is 300 g/mol. The summed E-state index contributed by atoms with van der Waals surface area (Å²) in [6, 6.07) is 13.1. The SMILES string of the molecule is O=C(O)NC(CCc1cccc(CCO)c1)c1ccccn1. The Balaban J connectivity index is 2.05. The van der Waals surface area contributed by atoms with Crippen molar-refractivity contribution in [1.29, 1.82) is 0 Å². The van der Waals surface area contributed by atoms with E-state index < -0.39 is 6.09 Å². The fourth-order valence-electron chi connectivity index (χ4n) is 2.41. The van der Waals surface area contributed by atoms with Crippen molar-refractivity contribution in [2.75, 3.05) is 6.61 Å². The standard InChI is InChI=1S/C17H20N2O3/c20-11-9-14-5-3-4-13(12-14)7-8-16(19-17(21)22)15-6-1-2-10-18-15/h1-6,10,12,16,19-20H,7-9,11H2,(H,21,22). The Labute approximate surface area is 129 Å². The van der Waals surface area contributed by atoms with Gasteiger partial charge in [0.15, 0.2) is 0 Å². The number of rotatable bonds is 7. The van der Waals surface area contributed by atoms with Crippen LogP contribution in [0, 0.1) is 0 Å². The number of hydrogen-bond donors (Lipinski definition) is 3. The summed E-state index contributed by atoms with van der Waals surface area (Å²) in [5, 5.41) is 20.5. The molecule has 116 valence electrons. The van der Waals surface area contributed by atoms with E-state index >= 15 is 0 Å². The van der Waals surface area contributed by atoms with Crippen molar-refractivity contribution < 1.29 is 15.0 Å². The molecule has 0 fully saturated rings. The number of nitrogens with zero attached hydrogens (tertiary/aromatic N) is 1. The highest BCUT2D eigenvalue weighted by atomic mass is 16.4. The van der Waals surface area contributed by atoms with Crippen molar-refractivity contribution in [3.63, 3.8) is 0 Å². The quantitative estimate of drug-likeness (QED) is 0.734. The first-order chi connectivity index (χ1) is 10.7. The molecule has 2 aromatic rings. The summed E-state index contributed by atoms with van der Waals surface area (Å²) in [6.45, 7) is 0.126. The van der Waals surface area contributed by atoms with Crippen LogP contribution in [0.1, 0.15) is 29.3 Å². The third-order valence-corrected chi connectivity index (χ3v) is 3.46. The third kappa shape index (κ3) is 4.86. The molecule has 0 aliphatic rings. The molecular formula is C17H20N2O3. The molecule has 3 N–H and O–H groups in total. The molecule has 1 unspecified atom stereocenters. The first kappa shape index (κ1) is 16.0. The van der Waals surface area contributed by atoms with Crippen molar-refractivity contribution >= 4 is 6.09 Å². The van der Waals surface area contributed by atoms with Crippen LogP contribution in [0.2, 0.25) is 0 Å². The second-order valence-corrected chi connectivity index (χ2v) is 5.09. The molecule has 0 bridgehead atoms. The molecule has 1 atom stereocenters. The van der Waals surface area contributed by atoms with Crippen LogP contribution in [0.5, 0.6) is 0 Å². The Bertz CT molecular complexity index is 602. The maximum Gasteiger partial charge on any atom is 0.405 e. The Morgan fingerprint density at radius 1 is 1.14 bits per heavy atom. The highest BCUT2D eigenvalue weighted by molar-refractivity contribution is 5.65. The second-order valence-electron chi connectivity index (χ2n) is 5.09. The summed E-state index contributed by atoms with van der Waals surface area (Å²) in [5.41, 5.74) is 2.93. The van der Waals surface area contributed by atoms with Crippen LogP contribution in [-0.4, -0.2) is 27.9 Å².